The van der Waals surface area contributed by atoms with E-state index in [9.17, 15) is 0 Å². The van der Waals surface area contributed by atoms with Crippen LogP contribution in [0.4, 0.5) is 0 Å². The van der Waals surface area contributed by atoms with Crippen LogP contribution in [0, 0.1) is 5.92 Å². The van der Waals surface area contributed by atoms with Crippen LogP contribution in [0.2, 0.25) is 0 Å². The second-order valence-corrected chi connectivity index (χ2v) is 7.28. The van der Waals surface area contributed by atoms with Crippen LogP contribution in [0.15, 0.2) is 30.3 Å². The Kier molecular flexibility index (Phi) is 4.56. The molecule has 0 saturated carbocycles. The van der Waals surface area contributed by atoms with Crippen LogP contribution >= 0.6 is 0 Å². The van der Waals surface area contributed by atoms with Gasteiger partial charge in [0.05, 0.1) is 18.8 Å². The number of piperidine rings is 1. The van der Waals surface area contributed by atoms with E-state index in [1.54, 1.807) is 0 Å². The third-order valence-corrected chi connectivity index (χ3v) is 5.53. The molecule has 0 aromatic heterocycles. The molecular formula is C19H27NO3. The van der Waals surface area contributed by atoms with Gasteiger partial charge in [-0.25, -0.2) is 0 Å². The molecule has 1 aromatic carbocycles. The average Bonchev–Trinajstić information content (AvgIpc) is 3.22. The van der Waals surface area contributed by atoms with Crippen LogP contribution in [0.3, 0.4) is 0 Å². The zero-order valence-corrected chi connectivity index (χ0v) is 13.8. The van der Waals surface area contributed by atoms with Gasteiger partial charge in [0.2, 0.25) is 0 Å². The highest BCUT2D eigenvalue weighted by atomic mass is 16.6. The molecule has 2 atom stereocenters. The van der Waals surface area contributed by atoms with Crippen molar-refractivity contribution in [1.82, 2.24) is 4.90 Å². The topological polar surface area (TPSA) is 30.9 Å². The van der Waals surface area contributed by atoms with E-state index in [-0.39, 0.29) is 11.7 Å². The number of rotatable bonds is 4. The van der Waals surface area contributed by atoms with Gasteiger partial charge >= 0.3 is 0 Å². The van der Waals surface area contributed by atoms with E-state index < -0.39 is 0 Å². The second kappa shape index (κ2) is 6.80. The molecule has 3 aliphatic heterocycles. The maximum absolute atomic E-state index is 6.21. The number of hydrogen-bond donors (Lipinski definition) is 0. The molecule has 3 fully saturated rings. The predicted octanol–water partition coefficient (Wildman–Crippen LogP) is 2.73. The van der Waals surface area contributed by atoms with E-state index >= 15 is 0 Å². The molecule has 4 rings (SSSR count). The van der Waals surface area contributed by atoms with E-state index in [0.717, 1.165) is 63.8 Å². The van der Waals surface area contributed by atoms with Gasteiger partial charge in [-0.1, -0.05) is 18.2 Å². The molecule has 3 saturated heterocycles. The number of hydrogen-bond acceptors (Lipinski definition) is 4. The Balaban J connectivity index is 1.26. The molecule has 0 radical (unpaired) electrons. The summed E-state index contributed by atoms with van der Waals surface area (Å²) in [5.74, 6) is 1.69. The molecular weight excluding hydrogens is 290 g/mol. The van der Waals surface area contributed by atoms with Gasteiger partial charge in [-0.05, 0) is 37.3 Å². The van der Waals surface area contributed by atoms with Gasteiger partial charge in [-0.3, -0.25) is 0 Å². The van der Waals surface area contributed by atoms with Crippen molar-refractivity contribution in [2.45, 2.75) is 37.4 Å². The first-order valence-electron chi connectivity index (χ1n) is 8.97. The van der Waals surface area contributed by atoms with E-state index in [1.807, 2.05) is 30.3 Å². The molecule has 4 heteroatoms. The second-order valence-electron chi connectivity index (χ2n) is 7.28. The Morgan fingerprint density at radius 3 is 2.70 bits per heavy atom. The van der Waals surface area contributed by atoms with E-state index in [0.29, 0.717) is 0 Å². The Morgan fingerprint density at radius 1 is 1.13 bits per heavy atom. The highest BCUT2D eigenvalue weighted by Crippen LogP contribution is 2.37. The lowest BCUT2D eigenvalue weighted by Gasteiger charge is -2.39. The number of ether oxygens (including phenoxy) is 3. The Bertz CT molecular complexity index is 493. The predicted molar refractivity (Wildman–Crippen MR) is 88.8 cm³/mol. The fourth-order valence-electron chi connectivity index (χ4n) is 4.15. The normalized spacial score (nSPS) is 30.8. The number of benzene rings is 1. The third kappa shape index (κ3) is 3.70. The minimum Gasteiger partial charge on any atom is -0.488 e. The molecule has 0 unspecified atom stereocenters. The third-order valence-electron chi connectivity index (χ3n) is 5.53. The standard InChI is InChI=1S/C19H27NO3/c1-2-4-17(5-3-1)23-18-12-19(22-15-18)7-9-20(10-8-19)13-16-6-11-21-14-16/h1-5,16,18H,6-15H2/t16-,18+/m1/s1. The highest BCUT2D eigenvalue weighted by molar-refractivity contribution is 5.21. The molecule has 23 heavy (non-hydrogen) atoms. The highest BCUT2D eigenvalue weighted by Gasteiger charge is 2.43. The summed E-state index contributed by atoms with van der Waals surface area (Å²) in [7, 11) is 0. The molecule has 0 bridgehead atoms. The van der Waals surface area contributed by atoms with Crippen molar-refractivity contribution < 1.29 is 14.2 Å². The van der Waals surface area contributed by atoms with E-state index in [4.69, 9.17) is 14.2 Å². The minimum atomic E-state index is 0.0577. The summed E-state index contributed by atoms with van der Waals surface area (Å²) in [5, 5.41) is 0. The quantitative estimate of drug-likeness (QED) is 0.854. The van der Waals surface area contributed by atoms with Crippen molar-refractivity contribution in [1.29, 1.82) is 0 Å². The zero-order chi connectivity index (χ0) is 15.5. The van der Waals surface area contributed by atoms with Crippen molar-refractivity contribution in [2.24, 2.45) is 5.92 Å². The van der Waals surface area contributed by atoms with Gasteiger partial charge in [0.15, 0.2) is 0 Å². The minimum absolute atomic E-state index is 0.0577. The molecule has 4 nitrogen and oxygen atoms in total. The number of para-hydroxylation sites is 1. The summed E-state index contributed by atoms with van der Waals surface area (Å²) in [6.45, 7) is 6.11. The van der Waals surface area contributed by atoms with Gasteiger partial charge in [-0.2, -0.15) is 0 Å². The first-order chi connectivity index (χ1) is 11.3. The monoisotopic (exact) mass is 317 g/mol. The summed E-state index contributed by atoms with van der Waals surface area (Å²) >= 11 is 0. The van der Waals surface area contributed by atoms with Crippen LogP contribution in [-0.4, -0.2) is 56.1 Å². The first kappa shape index (κ1) is 15.4. The maximum atomic E-state index is 6.21. The number of nitrogens with zero attached hydrogens (tertiary/aromatic N) is 1. The van der Waals surface area contributed by atoms with Crippen molar-refractivity contribution in [3.8, 4) is 5.75 Å². The van der Waals surface area contributed by atoms with E-state index in [1.165, 1.54) is 13.0 Å². The van der Waals surface area contributed by atoms with Crippen molar-refractivity contribution in [3.63, 3.8) is 0 Å². The Morgan fingerprint density at radius 2 is 1.96 bits per heavy atom. The summed E-state index contributed by atoms with van der Waals surface area (Å²) in [6, 6.07) is 10.1. The van der Waals surface area contributed by atoms with Crippen LogP contribution in [0.1, 0.15) is 25.7 Å². The van der Waals surface area contributed by atoms with Crippen LogP contribution in [-0.2, 0) is 9.47 Å². The van der Waals surface area contributed by atoms with Crippen molar-refractivity contribution in [2.75, 3.05) is 39.5 Å². The average molecular weight is 317 g/mol. The molecule has 1 aromatic rings. The van der Waals surface area contributed by atoms with Crippen LogP contribution in [0.5, 0.6) is 5.75 Å². The lowest BCUT2D eigenvalue weighted by Crippen LogP contribution is -2.45. The summed E-state index contributed by atoms with van der Waals surface area (Å²) in [4.78, 5) is 2.60. The van der Waals surface area contributed by atoms with Gasteiger partial charge in [0, 0.05) is 32.7 Å². The largest absolute Gasteiger partial charge is 0.488 e. The van der Waals surface area contributed by atoms with Crippen molar-refractivity contribution >= 4 is 0 Å². The lowest BCUT2D eigenvalue weighted by atomic mass is 9.87. The molecule has 1 spiro atoms. The number of likely N-dealkylation sites (tertiary alicyclic amines) is 1. The molecule has 3 heterocycles. The summed E-state index contributed by atoms with van der Waals surface area (Å²) in [6.07, 6.45) is 4.73. The fourth-order valence-corrected chi connectivity index (χ4v) is 4.15. The van der Waals surface area contributed by atoms with Crippen LogP contribution < -0.4 is 4.74 Å². The van der Waals surface area contributed by atoms with Gasteiger partial charge < -0.3 is 19.1 Å². The van der Waals surface area contributed by atoms with Gasteiger partial charge in [0.25, 0.3) is 0 Å². The van der Waals surface area contributed by atoms with Gasteiger partial charge in [-0.15, -0.1) is 0 Å². The SMILES string of the molecule is c1ccc(O[C@@H]2COC3(CCN(C[C@H]4CCOC4)CC3)C2)cc1. The lowest BCUT2D eigenvalue weighted by molar-refractivity contribution is -0.0462. The molecule has 0 aliphatic carbocycles. The summed E-state index contributed by atoms with van der Waals surface area (Å²) in [5.41, 5.74) is 0.0577. The van der Waals surface area contributed by atoms with Crippen molar-refractivity contribution in [3.05, 3.63) is 30.3 Å². The first-order valence-corrected chi connectivity index (χ1v) is 8.97. The Hall–Kier alpha value is -1.10. The fraction of sp³-hybridized carbons (Fsp3) is 0.684. The smallest absolute Gasteiger partial charge is 0.125 e. The molecule has 126 valence electrons. The maximum Gasteiger partial charge on any atom is 0.125 e. The molecule has 3 aliphatic rings. The van der Waals surface area contributed by atoms with Crippen LogP contribution in [0.25, 0.3) is 0 Å². The molecule has 0 N–H and O–H groups in total. The molecule has 0 amide bonds. The Labute approximate surface area is 138 Å². The zero-order valence-electron chi connectivity index (χ0n) is 13.8. The summed E-state index contributed by atoms with van der Waals surface area (Å²) < 4.78 is 17.8. The van der Waals surface area contributed by atoms with Gasteiger partial charge in [0.1, 0.15) is 11.9 Å². The van der Waals surface area contributed by atoms with E-state index in [2.05, 4.69) is 4.90 Å².